The van der Waals surface area contributed by atoms with E-state index in [1.54, 1.807) is 30.3 Å². The van der Waals surface area contributed by atoms with E-state index in [2.05, 4.69) is 17.1 Å². The molecule has 0 aliphatic carbocycles. The number of amidine groups is 1. The Kier molecular flexibility index (Phi) is 2.64. The van der Waals surface area contributed by atoms with Crippen LogP contribution in [0, 0.1) is 28.1 Å². The summed E-state index contributed by atoms with van der Waals surface area (Å²) in [7, 11) is 0. The van der Waals surface area contributed by atoms with Crippen molar-refractivity contribution in [1.29, 1.82) is 15.9 Å². The minimum Gasteiger partial charge on any atom is -0.282 e. The molecule has 0 atom stereocenters. The van der Waals surface area contributed by atoms with Crippen LogP contribution in [0.5, 0.6) is 0 Å². The summed E-state index contributed by atoms with van der Waals surface area (Å²) in [6.45, 7) is 0. The molecule has 0 radical (unpaired) electrons. The van der Waals surface area contributed by atoms with Crippen molar-refractivity contribution in [2.24, 2.45) is 4.99 Å². The Morgan fingerprint density at radius 2 is 1.50 bits per heavy atom. The van der Waals surface area contributed by atoms with Gasteiger partial charge in [-0.05, 0) is 12.1 Å². The number of aliphatic imine (C=N–C) groups is 1. The minimum atomic E-state index is 0.0693. The largest absolute Gasteiger partial charge is 0.282 e. The SMILES string of the molecule is N#Cc1ccccc1C1=NC(=N)c2c(C#N)cccc21. The molecule has 2 aromatic rings. The fourth-order valence-corrected chi connectivity index (χ4v) is 2.32. The van der Waals surface area contributed by atoms with Crippen LogP contribution in [0.4, 0.5) is 0 Å². The summed E-state index contributed by atoms with van der Waals surface area (Å²) in [5.41, 5.74) is 3.48. The summed E-state index contributed by atoms with van der Waals surface area (Å²) < 4.78 is 0. The smallest absolute Gasteiger partial charge is 0.154 e. The first-order valence-electron chi connectivity index (χ1n) is 5.97. The molecule has 1 heterocycles. The van der Waals surface area contributed by atoms with Crippen LogP contribution >= 0.6 is 0 Å². The molecule has 4 nitrogen and oxygen atoms in total. The van der Waals surface area contributed by atoms with Gasteiger partial charge in [0.15, 0.2) is 5.84 Å². The molecule has 0 fully saturated rings. The third-order valence-corrected chi connectivity index (χ3v) is 3.20. The molecule has 92 valence electrons. The van der Waals surface area contributed by atoms with Gasteiger partial charge < -0.3 is 0 Å². The molecule has 0 unspecified atom stereocenters. The number of nitrogens with one attached hydrogen (secondary N) is 1. The molecule has 0 spiro atoms. The summed E-state index contributed by atoms with van der Waals surface area (Å²) >= 11 is 0. The topological polar surface area (TPSA) is 83.8 Å². The van der Waals surface area contributed by atoms with Crippen molar-refractivity contribution in [2.45, 2.75) is 0 Å². The van der Waals surface area contributed by atoms with Gasteiger partial charge in [-0.1, -0.05) is 30.3 Å². The predicted octanol–water partition coefficient (Wildman–Crippen LogP) is 2.61. The molecule has 3 rings (SSSR count). The van der Waals surface area contributed by atoms with Gasteiger partial charge in [0.2, 0.25) is 0 Å². The van der Waals surface area contributed by atoms with E-state index in [1.165, 1.54) is 0 Å². The fourth-order valence-electron chi connectivity index (χ4n) is 2.32. The maximum atomic E-state index is 9.18. The van der Waals surface area contributed by atoms with Crippen LogP contribution in [-0.4, -0.2) is 11.5 Å². The van der Waals surface area contributed by atoms with Gasteiger partial charge in [0.1, 0.15) is 0 Å². The number of rotatable bonds is 1. The summed E-state index contributed by atoms with van der Waals surface area (Å²) in [5.74, 6) is 0.0693. The average molecular weight is 256 g/mol. The average Bonchev–Trinajstić information content (AvgIpc) is 2.84. The van der Waals surface area contributed by atoms with E-state index in [4.69, 9.17) is 10.7 Å². The minimum absolute atomic E-state index is 0.0693. The Morgan fingerprint density at radius 3 is 2.25 bits per heavy atom. The van der Waals surface area contributed by atoms with E-state index in [0.29, 0.717) is 28.0 Å². The quantitative estimate of drug-likeness (QED) is 0.850. The van der Waals surface area contributed by atoms with Crippen LogP contribution in [0.2, 0.25) is 0 Å². The van der Waals surface area contributed by atoms with E-state index < -0.39 is 0 Å². The zero-order valence-electron chi connectivity index (χ0n) is 10.4. The van der Waals surface area contributed by atoms with E-state index in [-0.39, 0.29) is 5.84 Å². The number of benzene rings is 2. The maximum Gasteiger partial charge on any atom is 0.154 e. The molecule has 0 bridgehead atoms. The van der Waals surface area contributed by atoms with E-state index in [9.17, 15) is 5.26 Å². The molecular formula is C16H8N4. The normalized spacial score (nSPS) is 12.3. The standard InChI is InChI=1S/C16H8N4/c17-8-10-4-1-2-6-12(10)15-13-7-3-5-11(9-18)14(13)16(19)20-15/h1-7,19H. The Labute approximate surface area is 115 Å². The lowest BCUT2D eigenvalue weighted by Gasteiger charge is -2.05. The predicted molar refractivity (Wildman–Crippen MR) is 74.8 cm³/mol. The van der Waals surface area contributed by atoms with Crippen LogP contribution in [0.15, 0.2) is 47.5 Å². The number of hydrogen-bond donors (Lipinski definition) is 1. The van der Waals surface area contributed by atoms with Gasteiger partial charge in [0, 0.05) is 16.7 Å². The lowest BCUT2D eigenvalue weighted by atomic mass is 9.94. The molecule has 1 N–H and O–H groups in total. The first kappa shape index (κ1) is 11.8. The summed E-state index contributed by atoms with van der Waals surface area (Å²) in [6.07, 6.45) is 0. The van der Waals surface area contributed by atoms with E-state index >= 15 is 0 Å². The maximum absolute atomic E-state index is 9.18. The van der Waals surface area contributed by atoms with E-state index in [0.717, 1.165) is 5.56 Å². The Hall–Kier alpha value is -3.24. The van der Waals surface area contributed by atoms with Gasteiger partial charge in [0.25, 0.3) is 0 Å². The zero-order chi connectivity index (χ0) is 14.1. The third kappa shape index (κ3) is 1.60. The molecular weight excluding hydrogens is 248 g/mol. The van der Waals surface area contributed by atoms with Crippen molar-refractivity contribution in [3.05, 3.63) is 70.3 Å². The zero-order valence-corrected chi connectivity index (χ0v) is 10.4. The lowest BCUT2D eigenvalue weighted by molar-refractivity contribution is 1.42. The highest BCUT2D eigenvalue weighted by atomic mass is 14.9. The highest BCUT2D eigenvalue weighted by Gasteiger charge is 2.25. The van der Waals surface area contributed by atoms with Gasteiger partial charge in [-0.25, -0.2) is 4.99 Å². The molecule has 20 heavy (non-hydrogen) atoms. The number of hydrogen-bond acceptors (Lipinski definition) is 3. The van der Waals surface area contributed by atoms with Crippen LogP contribution < -0.4 is 0 Å². The summed E-state index contributed by atoms with van der Waals surface area (Å²) in [6, 6.07) is 16.6. The van der Waals surface area contributed by atoms with Crippen molar-refractivity contribution < 1.29 is 0 Å². The van der Waals surface area contributed by atoms with Gasteiger partial charge in [0.05, 0.1) is 29.0 Å². The highest BCUT2D eigenvalue weighted by Crippen LogP contribution is 2.27. The summed E-state index contributed by atoms with van der Waals surface area (Å²) in [5, 5.41) is 26.3. The van der Waals surface area contributed by atoms with Crippen molar-refractivity contribution >= 4 is 11.5 Å². The Morgan fingerprint density at radius 1 is 0.850 bits per heavy atom. The lowest BCUT2D eigenvalue weighted by Crippen LogP contribution is -2.04. The molecule has 1 aliphatic heterocycles. The second-order valence-corrected chi connectivity index (χ2v) is 4.31. The molecule has 0 saturated heterocycles. The van der Waals surface area contributed by atoms with Crippen molar-refractivity contribution in [3.63, 3.8) is 0 Å². The van der Waals surface area contributed by atoms with Crippen LogP contribution in [0.25, 0.3) is 0 Å². The fraction of sp³-hybridized carbons (Fsp3) is 0. The third-order valence-electron chi connectivity index (χ3n) is 3.20. The molecule has 4 heteroatoms. The first-order chi connectivity index (χ1) is 9.76. The van der Waals surface area contributed by atoms with E-state index in [1.807, 2.05) is 12.1 Å². The van der Waals surface area contributed by atoms with Gasteiger partial charge in [-0.2, -0.15) is 10.5 Å². The number of fused-ring (bicyclic) bond motifs is 1. The van der Waals surface area contributed by atoms with Gasteiger partial charge >= 0.3 is 0 Å². The second-order valence-electron chi connectivity index (χ2n) is 4.31. The van der Waals surface area contributed by atoms with Crippen molar-refractivity contribution in [3.8, 4) is 12.1 Å². The first-order valence-corrected chi connectivity index (χ1v) is 5.97. The van der Waals surface area contributed by atoms with Gasteiger partial charge in [-0.15, -0.1) is 0 Å². The van der Waals surface area contributed by atoms with Crippen LogP contribution in [-0.2, 0) is 0 Å². The Bertz CT molecular complexity index is 848. The number of nitriles is 2. The summed E-state index contributed by atoms with van der Waals surface area (Å²) in [4.78, 5) is 4.24. The van der Waals surface area contributed by atoms with Crippen molar-refractivity contribution in [2.75, 3.05) is 0 Å². The van der Waals surface area contributed by atoms with Crippen LogP contribution in [0.3, 0.4) is 0 Å². The monoisotopic (exact) mass is 256 g/mol. The van der Waals surface area contributed by atoms with Gasteiger partial charge in [-0.3, -0.25) is 5.41 Å². The molecule has 2 aromatic carbocycles. The molecule has 0 amide bonds. The molecule has 1 aliphatic rings. The van der Waals surface area contributed by atoms with Crippen LogP contribution in [0.1, 0.15) is 27.8 Å². The second kappa shape index (κ2) is 4.46. The highest BCUT2D eigenvalue weighted by molar-refractivity contribution is 6.29. The Balaban J connectivity index is 2.27. The molecule has 0 saturated carbocycles. The van der Waals surface area contributed by atoms with Crippen molar-refractivity contribution in [1.82, 2.24) is 0 Å². The molecule has 0 aromatic heterocycles. The number of nitrogens with zero attached hydrogens (tertiary/aromatic N) is 3.